The molecule has 0 saturated carbocycles. The highest BCUT2D eigenvalue weighted by Crippen LogP contribution is 2.28. The van der Waals surface area contributed by atoms with E-state index in [2.05, 4.69) is 47.7 Å². The SMILES string of the molecule is CC(C#N)Sc1nccn1-c1ccccc1C(C)C. The Morgan fingerprint density at radius 3 is 2.68 bits per heavy atom. The van der Waals surface area contributed by atoms with E-state index in [9.17, 15) is 0 Å². The molecule has 1 aromatic carbocycles. The number of aromatic nitrogens is 2. The average Bonchev–Trinajstić information content (AvgIpc) is 2.86. The van der Waals surface area contributed by atoms with Crippen molar-refractivity contribution in [3.63, 3.8) is 0 Å². The van der Waals surface area contributed by atoms with E-state index in [1.54, 1.807) is 6.20 Å². The summed E-state index contributed by atoms with van der Waals surface area (Å²) in [6, 6.07) is 10.6. The standard InChI is InChI=1S/C15H17N3S/c1-11(2)13-6-4-5-7-14(13)18-9-8-17-15(18)19-12(3)10-16/h4-9,11-12H,1-3H3. The summed E-state index contributed by atoms with van der Waals surface area (Å²) in [6.07, 6.45) is 3.73. The molecule has 0 spiro atoms. The molecule has 0 radical (unpaired) electrons. The maximum absolute atomic E-state index is 8.93. The molecule has 1 heterocycles. The van der Waals surface area contributed by atoms with Gasteiger partial charge in [-0.15, -0.1) is 0 Å². The maximum atomic E-state index is 8.93. The Hall–Kier alpha value is -1.73. The van der Waals surface area contributed by atoms with E-state index in [4.69, 9.17) is 5.26 Å². The van der Waals surface area contributed by atoms with Gasteiger partial charge in [0.2, 0.25) is 0 Å². The van der Waals surface area contributed by atoms with E-state index in [0.717, 1.165) is 10.8 Å². The van der Waals surface area contributed by atoms with Crippen LogP contribution in [-0.4, -0.2) is 14.8 Å². The Balaban J connectivity index is 2.43. The quantitative estimate of drug-likeness (QED) is 0.789. The molecule has 0 N–H and O–H groups in total. The van der Waals surface area contributed by atoms with Crippen LogP contribution in [0.25, 0.3) is 5.69 Å². The van der Waals surface area contributed by atoms with Crippen LogP contribution in [0.3, 0.4) is 0 Å². The van der Waals surface area contributed by atoms with Gasteiger partial charge in [0.25, 0.3) is 0 Å². The zero-order valence-corrected chi connectivity index (χ0v) is 12.2. The number of benzene rings is 1. The zero-order chi connectivity index (χ0) is 13.8. The number of nitrogens with zero attached hydrogens (tertiary/aromatic N) is 3. The highest BCUT2D eigenvalue weighted by atomic mass is 32.2. The summed E-state index contributed by atoms with van der Waals surface area (Å²) in [5, 5.41) is 9.69. The second kappa shape index (κ2) is 5.94. The van der Waals surface area contributed by atoms with Crippen molar-refractivity contribution < 1.29 is 0 Å². The van der Waals surface area contributed by atoms with Crippen molar-refractivity contribution >= 4 is 11.8 Å². The van der Waals surface area contributed by atoms with E-state index >= 15 is 0 Å². The molecule has 2 aromatic rings. The topological polar surface area (TPSA) is 41.6 Å². The first-order chi connectivity index (χ1) is 9.13. The molecule has 0 aliphatic rings. The van der Waals surface area contributed by atoms with Gasteiger partial charge in [0.1, 0.15) is 0 Å². The Labute approximate surface area is 118 Å². The van der Waals surface area contributed by atoms with Crippen molar-refractivity contribution in [1.29, 1.82) is 5.26 Å². The van der Waals surface area contributed by atoms with E-state index in [-0.39, 0.29) is 5.25 Å². The van der Waals surface area contributed by atoms with Gasteiger partial charge in [-0.1, -0.05) is 43.8 Å². The second-order valence-electron chi connectivity index (χ2n) is 4.68. The lowest BCUT2D eigenvalue weighted by Gasteiger charge is -2.15. The van der Waals surface area contributed by atoms with Gasteiger partial charge in [-0.25, -0.2) is 4.98 Å². The molecule has 1 unspecified atom stereocenters. The van der Waals surface area contributed by atoms with Crippen molar-refractivity contribution in [2.24, 2.45) is 0 Å². The number of para-hydroxylation sites is 1. The molecule has 4 heteroatoms. The molecule has 0 bridgehead atoms. The van der Waals surface area contributed by atoms with Gasteiger partial charge < -0.3 is 0 Å². The summed E-state index contributed by atoms with van der Waals surface area (Å²) >= 11 is 1.48. The number of hydrogen-bond acceptors (Lipinski definition) is 3. The van der Waals surface area contributed by atoms with E-state index < -0.39 is 0 Å². The number of thioether (sulfide) groups is 1. The average molecular weight is 271 g/mol. The predicted molar refractivity (Wildman–Crippen MR) is 78.6 cm³/mol. The lowest BCUT2D eigenvalue weighted by molar-refractivity contribution is 0.817. The molecule has 1 atom stereocenters. The Morgan fingerprint density at radius 2 is 2.00 bits per heavy atom. The Morgan fingerprint density at radius 1 is 1.26 bits per heavy atom. The summed E-state index contributed by atoms with van der Waals surface area (Å²) in [5.41, 5.74) is 2.43. The lowest BCUT2D eigenvalue weighted by atomic mass is 10.0. The molecule has 98 valence electrons. The molecular formula is C15H17N3S. The van der Waals surface area contributed by atoms with Crippen LogP contribution in [0.15, 0.2) is 41.8 Å². The first-order valence-electron chi connectivity index (χ1n) is 6.32. The van der Waals surface area contributed by atoms with Gasteiger partial charge in [0.15, 0.2) is 5.16 Å². The van der Waals surface area contributed by atoms with Crippen molar-refractivity contribution in [3.8, 4) is 11.8 Å². The van der Waals surface area contributed by atoms with Gasteiger partial charge in [0, 0.05) is 12.4 Å². The highest BCUT2D eigenvalue weighted by molar-refractivity contribution is 8.00. The van der Waals surface area contributed by atoms with Crippen LogP contribution in [0, 0.1) is 11.3 Å². The molecule has 1 aromatic heterocycles. The van der Waals surface area contributed by atoms with Gasteiger partial charge in [-0.2, -0.15) is 5.26 Å². The fourth-order valence-electron chi connectivity index (χ4n) is 1.94. The van der Waals surface area contributed by atoms with Crippen LogP contribution < -0.4 is 0 Å². The largest absolute Gasteiger partial charge is 0.295 e. The second-order valence-corrected chi connectivity index (χ2v) is 5.99. The first-order valence-corrected chi connectivity index (χ1v) is 7.20. The number of hydrogen-bond donors (Lipinski definition) is 0. The van der Waals surface area contributed by atoms with E-state index in [0.29, 0.717) is 5.92 Å². The fraction of sp³-hybridized carbons (Fsp3) is 0.333. The third-order valence-corrected chi connectivity index (χ3v) is 3.86. The van der Waals surface area contributed by atoms with E-state index in [1.807, 2.05) is 19.2 Å². The van der Waals surface area contributed by atoms with Crippen LogP contribution in [0.1, 0.15) is 32.3 Å². The summed E-state index contributed by atoms with van der Waals surface area (Å²) in [7, 11) is 0. The number of rotatable bonds is 4. The molecule has 2 rings (SSSR count). The molecular weight excluding hydrogens is 254 g/mol. The predicted octanol–water partition coefficient (Wildman–Crippen LogP) is 4.00. The minimum Gasteiger partial charge on any atom is -0.295 e. The van der Waals surface area contributed by atoms with Gasteiger partial charge in [-0.3, -0.25) is 4.57 Å². The Bertz CT molecular complexity index is 595. The first kappa shape index (κ1) is 13.7. The minimum atomic E-state index is -0.104. The van der Waals surface area contributed by atoms with Crippen LogP contribution in [0.2, 0.25) is 0 Å². The van der Waals surface area contributed by atoms with Crippen molar-refractivity contribution in [2.45, 2.75) is 37.1 Å². The van der Waals surface area contributed by atoms with Crippen molar-refractivity contribution in [3.05, 3.63) is 42.2 Å². The van der Waals surface area contributed by atoms with Crippen LogP contribution >= 0.6 is 11.8 Å². The van der Waals surface area contributed by atoms with Gasteiger partial charge in [0.05, 0.1) is 17.0 Å². The molecule has 0 aliphatic heterocycles. The summed E-state index contributed by atoms with van der Waals surface area (Å²) in [6.45, 7) is 6.25. The molecule has 0 aliphatic carbocycles. The summed E-state index contributed by atoms with van der Waals surface area (Å²) in [4.78, 5) is 4.36. The molecule has 0 amide bonds. The normalized spacial score (nSPS) is 12.4. The third kappa shape index (κ3) is 2.99. The highest BCUT2D eigenvalue weighted by Gasteiger charge is 2.13. The minimum absolute atomic E-state index is 0.104. The molecule has 3 nitrogen and oxygen atoms in total. The maximum Gasteiger partial charge on any atom is 0.173 e. The summed E-state index contributed by atoms with van der Waals surface area (Å²) < 4.78 is 2.06. The van der Waals surface area contributed by atoms with Crippen molar-refractivity contribution in [2.75, 3.05) is 0 Å². The van der Waals surface area contributed by atoms with Crippen LogP contribution in [0.5, 0.6) is 0 Å². The number of imidazole rings is 1. The lowest BCUT2D eigenvalue weighted by Crippen LogP contribution is -2.03. The Kier molecular flexibility index (Phi) is 4.28. The molecule has 0 fully saturated rings. The fourth-order valence-corrected chi connectivity index (χ4v) is 2.70. The van der Waals surface area contributed by atoms with Gasteiger partial charge >= 0.3 is 0 Å². The van der Waals surface area contributed by atoms with Gasteiger partial charge in [-0.05, 0) is 24.5 Å². The van der Waals surface area contributed by atoms with Crippen molar-refractivity contribution in [1.82, 2.24) is 9.55 Å². The zero-order valence-electron chi connectivity index (χ0n) is 11.4. The third-order valence-electron chi connectivity index (χ3n) is 2.89. The van der Waals surface area contributed by atoms with Crippen LogP contribution in [0.4, 0.5) is 0 Å². The molecule has 19 heavy (non-hydrogen) atoms. The van der Waals surface area contributed by atoms with Crippen LogP contribution in [-0.2, 0) is 0 Å². The monoisotopic (exact) mass is 271 g/mol. The number of nitriles is 1. The van der Waals surface area contributed by atoms with E-state index in [1.165, 1.54) is 17.3 Å². The summed E-state index contributed by atoms with van der Waals surface area (Å²) in [5.74, 6) is 0.449. The smallest absolute Gasteiger partial charge is 0.173 e. The molecule has 0 saturated heterocycles.